The fourth-order valence-corrected chi connectivity index (χ4v) is 6.97. The Morgan fingerprint density at radius 1 is 0.701 bits per heavy atom. The normalized spacial score (nSPS) is 15.6. The van der Waals surface area contributed by atoms with Crippen molar-refractivity contribution in [2.24, 2.45) is 11.8 Å². The van der Waals surface area contributed by atoms with Gasteiger partial charge in [-0.1, -0.05) is 44.0 Å². The maximum atomic E-state index is 14.8. The molecule has 2 unspecified atom stereocenters. The second-order valence-electron chi connectivity index (χ2n) is 15.5. The zero-order valence-electron chi connectivity index (χ0n) is 34.8. The lowest BCUT2D eigenvalue weighted by molar-refractivity contribution is -0.229. The van der Waals surface area contributed by atoms with Crippen LogP contribution in [0.3, 0.4) is 0 Å². The number of rotatable bonds is 16. The number of hydrogen-bond donors (Lipinski definition) is 2. The molecule has 7 nitrogen and oxygen atoms in total. The van der Waals surface area contributed by atoms with Crippen LogP contribution >= 0.6 is 31.9 Å². The number of halogens is 16. The van der Waals surface area contributed by atoms with Crippen LogP contribution in [0.5, 0.6) is 11.5 Å². The molecular weight excluding hydrogens is 1060 g/mol. The van der Waals surface area contributed by atoms with Crippen LogP contribution in [0.2, 0.25) is 0 Å². The number of carbonyl (C=O) groups excluding carboxylic acids is 3. The molecule has 6 rings (SSSR count). The average Bonchev–Trinajstić information content (AvgIpc) is 4.16. The van der Waals surface area contributed by atoms with Crippen LogP contribution in [-0.4, -0.2) is 50.0 Å². The maximum Gasteiger partial charge on any atom is 0.426 e. The van der Waals surface area contributed by atoms with Crippen LogP contribution in [0, 0.1) is 23.5 Å². The Balaban J connectivity index is 0.000000266. The number of Topliss-reactive ketones (excluding diaryl/α,β-unsaturated/α-hetero) is 2. The molecular formula is C44H38Br2F14N2O5. The summed E-state index contributed by atoms with van der Waals surface area (Å²) in [5.74, 6) is -4.37. The molecule has 4 aromatic rings. The van der Waals surface area contributed by atoms with E-state index in [1.165, 1.54) is 30.3 Å². The molecule has 4 aromatic carbocycles. The van der Waals surface area contributed by atoms with E-state index in [9.17, 15) is 75.8 Å². The van der Waals surface area contributed by atoms with E-state index in [1.807, 2.05) is 0 Å². The first-order valence-electron chi connectivity index (χ1n) is 19.6. The second kappa shape index (κ2) is 22.0. The predicted octanol–water partition coefficient (Wildman–Crippen LogP) is 13.7. The molecule has 0 amide bonds. The number of ether oxygens (including phenoxy) is 2. The molecule has 2 fully saturated rings. The van der Waals surface area contributed by atoms with E-state index in [2.05, 4.69) is 46.7 Å². The van der Waals surface area contributed by atoms with Gasteiger partial charge < -0.3 is 25.3 Å². The Bertz CT molecular complexity index is 2420. The Morgan fingerprint density at radius 3 is 1.48 bits per heavy atom. The van der Waals surface area contributed by atoms with Crippen molar-refractivity contribution in [1.82, 2.24) is 0 Å². The highest BCUT2D eigenvalue weighted by Crippen LogP contribution is 2.47. The van der Waals surface area contributed by atoms with Gasteiger partial charge in [0.15, 0.2) is 23.2 Å². The van der Waals surface area contributed by atoms with E-state index < -0.39 is 101 Å². The van der Waals surface area contributed by atoms with Crippen molar-refractivity contribution >= 4 is 61.1 Å². The van der Waals surface area contributed by atoms with E-state index in [0.717, 1.165) is 44.1 Å². The molecule has 23 heteroatoms. The molecule has 2 aliphatic rings. The van der Waals surface area contributed by atoms with Crippen LogP contribution in [0.1, 0.15) is 82.5 Å². The smallest absolute Gasteiger partial charge is 0.426 e. The van der Waals surface area contributed by atoms with E-state index in [0.29, 0.717) is 36.6 Å². The number of alkyl halides is 12. The number of nitrogens with one attached hydrogen (secondary N) is 1. The lowest BCUT2D eigenvalue weighted by Crippen LogP contribution is -2.35. The SMILES string of the molecule is CC(F)(c1cc(Br)c(CC(=O)c2cccc(N)c2F)c(OC(F)F)c1)C(F)(F)F.CC(F)(c1cc(Br)c(CC(=O)c2cccc(NCC3CC3)c2F)c(OC(F)F)c1)C(F)(F)F.O=CC1CC1. The van der Waals surface area contributed by atoms with Crippen molar-refractivity contribution in [2.75, 3.05) is 17.6 Å². The Labute approximate surface area is 390 Å². The van der Waals surface area contributed by atoms with E-state index in [4.69, 9.17) is 5.73 Å². The summed E-state index contributed by atoms with van der Waals surface area (Å²) in [4.78, 5) is 34.8. The van der Waals surface area contributed by atoms with Crippen molar-refractivity contribution in [2.45, 2.75) is 89.3 Å². The summed E-state index contributed by atoms with van der Waals surface area (Å²) in [6, 6.07) is 10.0. The molecule has 2 saturated carbocycles. The van der Waals surface area contributed by atoms with Gasteiger partial charge in [0.2, 0.25) is 11.3 Å². The minimum Gasteiger partial charge on any atom is -0.434 e. The van der Waals surface area contributed by atoms with Crippen molar-refractivity contribution in [3.8, 4) is 11.5 Å². The van der Waals surface area contributed by atoms with Crippen molar-refractivity contribution in [1.29, 1.82) is 0 Å². The zero-order chi connectivity index (χ0) is 50.4. The number of aldehydes is 1. The standard InChI is InChI=1S/C22H19BrF7NO2.C18H13BrF7NO2.C4H6O/c1-21(27,22(28,29)30)12-7-15(23)14(18(8-12)33-20(25)26)9-17(32)13-3-2-4-16(19(13)24)31-10-11-5-6-11;1-17(23,18(24,25)26)8-5-11(19)10(14(6-8)29-16(21)22)7-13(28)9-3-2-4-12(27)15(9)20;5-3-4-1-2-4/h2-4,7-8,11,20,31H,5-6,9-10H2,1H3;2-6,16H,7,27H2,1H3;3-4H,1-2H2. The molecule has 67 heavy (non-hydrogen) atoms. The second-order valence-corrected chi connectivity index (χ2v) is 17.2. The summed E-state index contributed by atoms with van der Waals surface area (Å²) in [7, 11) is 0. The summed E-state index contributed by atoms with van der Waals surface area (Å²) >= 11 is 5.76. The third-order valence-corrected chi connectivity index (χ3v) is 11.7. The number of anilines is 2. The van der Waals surface area contributed by atoms with Crippen molar-refractivity contribution in [3.63, 3.8) is 0 Å². The van der Waals surface area contributed by atoms with Gasteiger partial charge in [-0.2, -0.15) is 43.9 Å². The summed E-state index contributed by atoms with van der Waals surface area (Å²) < 4.78 is 195. The molecule has 0 aliphatic heterocycles. The highest BCUT2D eigenvalue weighted by Gasteiger charge is 2.55. The minimum absolute atomic E-state index is 0.101. The van der Waals surface area contributed by atoms with Crippen LogP contribution in [0.4, 0.5) is 72.8 Å². The molecule has 0 radical (unpaired) electrons. The molecule has 3 N–H and O–H groups in total. The molecule has 0 saturated heterocycles. The average molecular weight is 1100 g/mol. The summed E-state index contributed by atoms with van der Waals surface area (Å²) in [6.07, 6.45) is -6.71. The molecule has 0 heterocycles. The van der Waals surface area contributed by atoms with E-state index in [-0.39, 0.29) is 50.9 Å². The number of hydrogen-bond acceptors (Lipinski definition) is 7. The molecule has 366 valence electrons. The fourth-order valence-electron chi connectivity index (χ4n) is 5.81. The van der Waals surface area contributed by atoms with Crippen LogP contribution < -0.4 is 20.5 Å². The summed E-state index contributed by atoms with van der Waals surface area (Å²) in [5, 5.41) is 2.91. The first kappa shape index (κ1) is 54.7. The van der Waals surface area contributed by atoms with Gasteiger partial charge in [0.05, 0.1) is 22.5 Å². The Morgan fingerprint density at radius 2 is 1.12 bits per heavy atom. The number of nitrogen functional groups attached to an aromatic ring is 1. The highest BCUT2D eigenvalue weighted by molar-refractivity contribution is 9.10. The van der Waals surface area contributed by atoms with Crippen molar-refractivity contribution < 1.29 is 85.3 Å². The Hall–Kier alpha value is -4.93. The number of ketones is 2. The first-order valence-corrected chi connectivity index (χ1v) is 21.2. The quantitative estimate of drug-likeness (QED) is 0.0498. The minimum atomic E-state index is -5.34. The van der Waals surface area contributed by atoms with Gasteiger partial charge in [-0.15, -0.1) is 0 Å². The molecule has 0 spiro atoms. The van der Waals surface area contributed by atoms with Gasteiger partial charge >= 0.3 is 25.6 Å². The van der Waals surface area contributed by atoms with Crippen LogP contribution in [-0.2, 0) is 29.0 Å². The molecule has 2 aliphatic carbocycles. The van der Waals surface area contributed by atoms with Crippen LogP contribution in [0.25, 0.3) is 0 Å². The molecule has 0 bridgehead atoms. The number of nitrogens with two attached hydrogens (primary N) is 1. The third kappa shape index (κ3) is 14.3. The van der Waals surface area contributed by atoms with Gasteiger partial charge in [0.25, 0.3) is 0 Å². The van der Waals surface area contributed by atoms with Gasteiger partial charge in [0.1, 0.15) is 17.8 Å². The monoisotopic (exact) mass is 1100 g/mol. The van der Waals surface area contributed by atoms with Gasteiger partial charge in [-0.3, -0.25) is 9.59 Å². The lowest BCUT2D eigenvalue weighted by Gasteiger charge is -2.25. The zero-order valence-corrected chi connectivity index (χ0v) is 37.9. The summed E-state index contributed by atoms with van der Waals surface area (Å²) in [6.45, 7) is -5.93. The van der Waals surface area contributed by atoms with Crippen LogP contribution in [0.15, 0.2) is 69.6 Å². The summed E-state index contributed by atoms with van der Waals surface area (Å²) in [5.41, 5.74) is -5.96. The predicted molar refractivity (Wildman–Crippen MR) is 224 cm³/mol. The van der Waals surface area contributed by atoms with Crippen molar-refractivity contribution in [3.05, 3.63) is 115 Å². The maximum absolute atomic E-state index is 14.8. The largest absolute Gasteiger partial charge is 0.434 e. The molecule has 2 atom stereocenters. The number of benzene rings is 4. The third-order valence-electron chi connectivity index (χ3n) is 10.3. The van der Waals surface area contributed by atoms with E-state index in [1.54, 1.807) is 0 Å². The van der Waals surface area contributed by atoms with E-state index >= 15 is 0 Å². The van der Waals surface area contributed by atoms with Gasteiger partial charge in [-0.25, -0.2) is 17.6 Å². The number of carbonyl (C=O) groups is 3. The molecule has 0 aromatic heterocycles. The topological polar surface area (TPSA) is 108 Å². The van der Waals surface area contributed by atoms with Gasteiger partial charge in [0, 0.05) is 56.5 Å². The highest BCUT2D eigenvalue weighted by atomic mass is 79.9. The Kier molecular flexibility index (Phi) is 18.0. The first-order chi connectivity index (χ1) is 31.0. The van der Waals surface area contributed by atoms with Gasteiger partial charge in [-0.05, 0) is 94.0 Å². The fraction of sp³-hybridized carbons (Fsp3) is 0.386. The lowest BCUT2D eigenvalue weighted by atomic mass is 9.93.